The van der Waals surface area contributed by atoms with Crippen molar-refractivity contribution in [3.05, 3.63) is 23.9 Å². The first-order valence-corrected chi connectivity index (χ1v) is 7.11. The highest BCUT2D eigenvalue weighted by Gasteiger charge is 2.26. The lowest BCUT2D eigenvalue weighted by molar-refractivity contribution is 0.155. The number of anilines is 1. The Morgan fingerprint density at radius 2 is 1.90 bits per heavy atom. The fourth-order valence-corrected chi connectivity index (χ4v) is 2.66. The van der Waals surface area contributed by atoms with Crippen LogP contribution in [0.5, 0.6) is 0 Å². The number of amides is 2. The number of carbonyl (C=O) groups excluding carboxylic acids is 1. The molecule has 110 valence electrons. The van der Waals surface area contributed by atoms with Gasteiger partial charge < -0.3 is 14.7 Å². The lowest BCUT2D eigenvalue weighted by Gasteiger charge is -2.38. The molecule has 1 saturated heterocycles. The van der Waals surface area contributed by atoms with E-state index in [2.05, 4.69) is 16.0 Å². The Labute approximate surface area is 121 Å². The molecule has 2 amide bonds. The molecule has 20 heavy (non-hydrogen) atoms. The Balaban J connectivity index is 1.94. The predicted molar refractivity (Wildman–Crippen MR) is 81.1 cm³/mol. The molecule has 0 atom stereocenters. The predicted octanol–water partition coefficient (Wildman–Crippen LogP) is 1.97. The highest BCUT2D eigenvalue weighted by atomic mass is 16.2. The van der Waals surface area contributed by atoms with Crippen LogP contribution in [0, 0.1) is 6.92 Å². The number of aromatic nitrogens is 1. The molecule has 0 N–H and O–H groups in total. The maximum Gasteiger partial charge on any atom is 0.319 e. The van der Waals surface area contributed by atoms with Crippen LogP contribution in [-0.2, 0) is 0 Å². The first-order valence-electron chi connectivity index (χ1n) is 7.11. The molecule has 0 spiro atoms. The fraction of sp³-hybridized carbons (Fsp3) is 0.600. The first-order chi connectivity index (χ1) is 9.49. The van der Waals surface area contributed by atoms with Crippen molar-refractivity contribution in [2.45, 2.75) is 25.8 Å². The largest absolute Gasteiger partial charge is 0.356 e. The highest BCUT2D eigenvalue weighted by Crippen LogP contribution is 2.21. The van der Waals surface area contributed by atoms with E-state index in [1.807, 2.05) is 31.0 Å². The molecule has 0 aromatic carbocycles. The SMILES string of the molecule is Cc1cccc(N2CCC(N(C)C(=O)N(C)C)CC2)n1. The number of carbonyl (C=O) groups is 1. The molecule has 1 aliphatic rings. The summed E-state index contributed by atoms with van der Waals surface area (Å²) in [5.41, 5.74) is 1.05. The molecule has 1 aromatic rings. The average Bonchev–Trinajstić information content (AvgIpc) is 2.46. The molecule has 0 unspecified atom stereocenters. The van der Waals surface area contributed by atoms with Crippen molar-refractivity contribution in [3.63, 3.8) is 0 Å². The number of nitrogens with zero attached hydrogens (tertiary/aromatic N) is 4. The molecule has 1 fully saturated rings. The van der Waals surface area contributed by atoms with Gasteiger partial charge in [-0.2, -0.15) is 0 Å². The summed E-state index contributed by atoms with van der Waals surface area (Å²) >= 11 is 0. The van der Waals surface area contributed by atoms with Crippen LogP contribution in [0.15, 0.2) is 18.2 Å². The summed E-state index contributed by atoms with van der Waals surface area (Å²) < 4.78 is 0. The summed E-state index contributed by atoms with van der Waals surface area (Å²) in [6.45, 7) is 3.91. The van der Waals surface area contributed by atoms with Crippen molar-refractivity contribution in [2.75, 3.05) is 39.1 Å². The molecule has 2 heterocycles. The highest BCUT2D eigenvalue weighted by molar-refractivity contribution is 5.73. The summed E-state index contributed by atoms with van der Waals surface area (Å²) in [5.74, 6) is 1.05. The molecule has 5 nitrogen and oxygen atoms in total. The summed E-state index contributed by atoms with van der Waals surface area (Å²) in [6, 6.07) is 6.52. The number of aryl methyl sites for hydroxylation is 1. The van der Waals surface area contributed by atoms with Gasteiger partial charge in [-0.25, -0.2) is 9.78 Å². The van der Waals surface area contributed by atoms with E-state index in [-0.39, 0.29) is 6.03 Å². The minimum Gasteiger partial charge on any atom is -0.356 e. The van der Waals surface area contributed by atoms with Gasteiger partial charge in [0.25, 0.3) is 0 Å². The van der Waals surface area contributed by atoms with Crippen LogP contribution in [-0.4, -0.2) is 61.1 Å². The van der Waals surface area contributed by atoms with Crippen LogP contribution in [0.25, 0.3) is 0 Å². The number of pyridine rings is 1. The van der Waals surface area contributed by atoms with Gasteiger partial charge in [-0.15, -0.1) is 0 Å². The van der Waals surface area contributed by atoms with E-state index >= 15 is 0 Å². The molecular formula is C15H24N4O. The summed E-state index contributed by atoms with van der Waals surface area (Å²) in [6.07, 6.45) is 1.98. The van der Waals surface area contributed by atoms with E-state index in [0.29, 0.717) is 6.04 Å². The Morgan fingerprint density at radius 3 is 2.45 bits per heavy atom. The summed E-state index contributed by atoms with van der Waals surface area (Å²) in [4.78, 5) is 22.3. The lowest BCUT2D eigenvalue weighted by Crippen LogP contribution is -2.48. The normalized spacial score (nSPS) is 16.1. The van der Waals surface area contributed by atoms with Crippen molar-refractivity contribution in [1.82, 2.24) is 14.8 Å². The third kappa shape index (κ3) is 3.21. The monoisotopic (exact) mass is 276 g/mol. The zero-order valence-corrected chi connectivity index (χ0v) is 12.8. The minimum atomic E-state index is 0.0807. The van der Waals surface area contributed by atoms with E-state index in [1.54, 1.807) is 19.0 Å². The van der Waals surface area contributed by atoms with E-state index < -0.39 is 0 Å². The zero-order valence-electron chi connectivity index (χ0n) is 12.8. The van der Waals surface area contributed by atoms with Gasteiger partial charge in [0, 0.05) is 46.0 Å². The van der Waals surface area contributed by atoms with Gasteiger partial charge >= 0.3 is 6.03 Å². The number of hydrogen-bond donors (Lipinski definition) is 0. The Morgan fingerprint density at radius 1 is 1.25 bits per heavy atom. The zero-order chi connectivity index (χ0) is 14.7. The second-order valence-corrected chi connectivity index (χ2v) is 5.64. The van der Waals surface area contributed by atoms with Gasteiger partial charge in [-0.05, 0) is 31.9 Å². The Kier molecular flexibility index (Phi) is 4.47. The maximum absolute atomic E-state index is 12.0. The second kappa shape index (κ2) is 6.11. The molecule has 0 saturated carbocycles. The molecule has 1 aromatic heterocycles. The number of piperidine rings is 1. The smallest absolute Gasteiger partial charge is 0.319 e. The first kappa shape index (κ1) is 14.6. The van der Waals surface area contributed by atoms with Crippen LogP contribution < -0.4 is 4.90 Å². The van der Waals surface area contributed by atoms with E-state index in [9.17, 15) is 4.79 Å². The molecule has 0 aliphatic carbocycles. The van der Waals surface area contributed by atoms with Crippen LogP contribution >= 0.6 is 0 Å². The minimum absolute atomic E-state index is 0.0807. The van der Waals surface area contributed by atoms with Crippen molar-refractivity contribution in [3.8, 4) is 0 Å². The van der Waals surface area contributed by atoms with Crippen LogP contribution in [0.1, 0.15) is 18.5 Å². The number of rotatable bonds is 2. The third-order valence-electron chi connectivity index (χ3n) is 3.89. The molecule has 0 bridgehead atoms. The standard InChI is InChI=1S/C15H24N4O/c1-12-6-5-7-14(16-12)19-10-8-13(9-11-19)18(4)15(20)17(2)3/h5-7,13H,8-11H2,1-4H3. The van der Waals surface area contributed by atoms with Crippen LogP contribution in [0.3, 0.4) is 0 Å². The van der Waals surface area contributed by atoms with Gasteiger partial charge in [0.2, 0.25) is 0 Å². The fourth-order valence-electron chi connectivity index (χ4n) is 2.66. The maximum atomic E-state index is 12.0. The summed E-state index contributed by atoms with van der Waals surface area (Å²) in [5, 5.41) is 0. The van der Waals surface area contributed by atoms with Gasteiger partial charge in [-0.3, -0.25) is 0 Å². The van der Waals surface area contributed by atoms with Crippen LogP contribution in [0.4, 0.5) is 10.6 Å². The van der Waals surface area contributed by atoms with Crippen molar-refractivity contribution in [1.29, 1.82) is 0 Å². The van der Waals surface area contributed by atoms with Crippen LogP contribution in [0.2, 0.25) is 0 Å². The summed E-state index contributed by atoms with van der Waals surface area (Å²) in [7, 11) is 5.49. The number of hydrogen-bond acceptors (Lipinski definition) is 3. The Bertz CT molecular complexity index is 467. The van der Waals surface area contributed by atoms with E-state index in [0.717, 1.165) is 37.4 Å². The third-order valence-corrected chi connectivity index (χ3v) is 3.89. The average molecular weight is 276 g/mol. The van der Waals surface area contributed by atoms with Gasteiger partial charge in [0.05, 0.1) is 0 Å². The lowest BCUT2D eigenvalue weighted by atomic mass is 10.0. The quantitative estimate of drug-likeness (QED) is 0.829. The van der Waals surface area contributed by atoms with Crippen molar-refractivity contribution >= 4 is 11.8 Å². The van der Waals surface area contributed by atoms with Gasteiger partial charge in [-0.1, -0.05) is 6.07 Å². The molecule has 1 aliphatic heterocycles. The molecule has 5 heteroatoms. The van der Waals surface area contributed by atoms with E-state index in [1.165, 1.54) is 0 Å². The Hall–Kier alpha value is -1.78. The van der Waals surface area contributed by atoms with Crippen molar-refractivity contribution in [2.24, 2.45) is 0 Å². The molecule has 2 rings (SSSR count). The topological polar surface area (TPSA) is 39.7 Å². The van der Waals surface area contributed by atoms with Crippen molar-refractivity contribution < 1.29 is 4.79 Å². The van der Waals surface area contributed by atoms with Gasteiger partial charge in [0.15, 0.2) is 0 Å². The van der Waals surface area contributed by atoms with E-state index in [4.69, 9.17) is 0 Å². The molecular weight excluding hydrogens is 252 g/mol. The second-order valence-electron chi connectivity index (χ2n) is 5.64. The van der Waals surface area contributed by atoms with Gasteiger partial charge in [0.1, 0.15) is 5.82 Å². The number of urea groups is 1. The molecule has 0 radical (unpaired) electrons.